The van der Waals surface area contributed by atoms with Gasteiger partial charge in [-0.05, 0) is 24.5 Å². The summed E-state index contributed by atoms with van der Waals surface area (Å²) in [6.45, 7) is 6.55. The van der Waals surface area contributed by atoms with E-state index in [1.807, 2.05) is 12.1 Å². The zero-order valence-electron chi connectivity index (χ0n) is 9.88. The van der Waals surface area contributed by atoms with E-state index < -0.39 is 5.60 Å². The summed E-state index contributed by atoms with van der Waals surface area (Å²) in [7, 11) is 0. The molecule has 0 aliphatic carbocycles. The third-order valence-electron chi connectivity index (χ3n) is 3.13. The third kappa shape index (κ3) is 1.80. The van der Waals surface area contributed by atoms with Crippen molar-refractivity contribution < 1.29 is 9.84 Å². The first-order valence-electron chi connectivity index (χ1n) is 5.61. The molecule has 1 N–H and O–H groups in total. The molecule has 2 nitrogen and oxygen atoms in total. The highest BCUT2D eigenvalue weighted by Gasteiger charge is 2.34. The first-order chi connectivity index (χ1) is 7.43. The number of benzene rings is 1. The van der Waals surface area contributed by atoms with E-state index in [1.54, 1.807) is 6.92 Å². The van der Waals surface area contributed by atoms with Gasteiger partial charge in [-0.25, -0.2) is 0 Å². The smallest absolute Gasteiger partial charge is 0.130 e. The molecular formula is C13H17ClO2. The maximum absolute atomic E-state index is 10.3. The highest BCUT2D eigenvalue weighted by molar-refractivity contribution is 6.31. The molecule has 0 aromatic heterocycles. The van der Waals surface area contributed by atoms with Gasteiger partial charge in [0, 0.05) is 12.0 Å². The molecule has 1 atom stereocenters. The van der Waals surface area contributed by atoms with Gasteiger partial charge in [0.15, 0.2) is 0 Å². The predicted molar refractivity (Wildman–Crippen MR) is 65.2 cm³/mol. The first-order valence-corrected chi connectivity index (χ1v) is 5.99. The Labute approximate surface area is 101 Å². The molecule has 0 amide bonds. The lowest BCUT2D eigenvalue weighted by Gasteiger charge is -2.33. The topological polar surface area (TPSA) is 29.5 Å². The molecule has 0 radical (unpaired) electrons. The summed E-state index contributed by atoms with van der Waals surface area (Å²) >= 11 is 6.16. The van der Waals surface area contributed by atoms with Crippen LogP contribution in [0.5, 0.6) is 5.75 Å². The Balaban J connectivity index is 2.66. The van der Waals surface area contributed by atoms with Gasteiger partial charge in [0.25, 0.3) is 0 Å². The van der Waals surface area contributed by atoms with Crippen molar-refractivity contribution in [3.05, 3.63) is 28.3 Å². The molecule has 0 fully saturated rings. The second kappa shape index (κ2) is 3.94. The van der Waals surface area contributed by atoms with E-state index >= 15 is 0 Å². The molecule has 1 unspecified atom stereocenters. The van der Waals surface area contributed by atoms with E-state index in [1.165, 1.54) is 0 Å². The second-order valence-electron chi connectivity index (χ2n) is 4.87. The largest absolute Gasteiger partial charge is 0.493 e. The molecule has 1 aromatic carbocycles. The summed E-state index contributed by atoms with van der Waals surface area (Å²) in [4.78, 5) is 0. The molecule has 0 bridgehead atoms. The van der Waals surface area contributed by atoms with Crippen molar-refractivity contribution in [3.63, 3.8) is 0 Å². The van der Waals surface area contributed by atoms with Crippen LogP contribution in [0.2, 0.25) is 5.02 Å². The van der Waals surface area contributed by atoms with E-state index in [4.69, 9.17) is 16.3 Å². The standard InChI is InChI=1S/C13H17ClO2/c1-8(2)9-4-5-10(14)11-12(9)16-7-6-13(11,3)15/h4-5,8,15H,6-7H2,1-3H3. The number of aliphatic hydroxyl groups is 1. The fourth-order valence-electron chi connectivity index (χ4n) is 2.16. The van der Waals surface area contributed by atoms with Gasteiger partial charge < -0.3 is 9.84 Å². The molecule has 1 aliphatic rings. The molecule has 1 aliphatic heterocycles. The summed E-state index contributed by atoms with van der Waals surface area (Å²) in [6, 6.07) is 3.83. The molecule has 0 saturated heterocycles. The van der Waals surface area contributed by atoms with E-state index in [0.29, 0.717) is 24.0 Å². The Morgan fingerprint density at radius 1 is 1.44 bits per heavy atom. The van der Waals surface area contributed by atoms with Gasteiger partial charge in [-0.1, -0.05) is 31.5 Å². The monoisotopic (exact) mass is 240 g/mol. The number of halogens is 1. The number of fused-ring (bicyclic) bond motifs is 1. The zero-order valence-corrected chi connectivity index (χ0v) is 10.6. The molecule has 88 valence electrons. The van der Waals surface area contributed by atoms with Gasteiger partial charge in [0.1, 0.15) is 5.75 Å². The Morgan fingerprint density at radius 2 is 2.12 bits per heavy atom. The van der Waals surface area contributed by atoms with Gasteiger partial charge in [0.05, 0.1) is 17.2 Å². The predicted octanol–water partition coefficient (Wildman–Crippen LogP) is 3.45. The van der Waals surface area contributed by atoms with Crippen molar-refractivity contribution in [2.45, 2.75) is 38.7 Å². The third-order valence-corrected chi connectivity index (χ3v) is 3.45. The van der Waals surface area contributed by atoms with Crippen LogP contribution in [-0.4, -0.2) is 11.7 Å². The van der Waals surface area contributed by atoms with Crippen LogP contribution in [0.1, 0.15) is 44.2 Å². The molecular weight excluding hydrogens is 224 g/mol. The summed E-state index contributed by atoms with van der Waals surface area (Å²) in [5.41, 5.74) is 0.973. The number of hydrogen-bond acceptors (Lipinski definition) is 2. The lowest BCUT2D eigenvalue weighted by Crippen LogP contribution is -2.30. The van der Waals surface area contributed by atoms with Crippen molar-refractivity contribution >= 4 is 11.6 Å². The maximum Gasteiger partial charge on any atom is 0.130 e. The molecule has 1 aromatic rings. The summed E-state index contributed by atoms with van der Waals surface area (Å²) in [5, 5.41) is 10.9. The van der Waals surface area contributed by atoms with E-state index in [2.05, 4.69) is 13.8 Å². The van der Waals surface area contributed by atoms with Gasteiger partial charge in [-0.15, -0.1) is 0 Å². The molecule has 0 spiro atoms. The zero-order chi connectivity index (χ0) is 11.9. The minimum absolute atomic E-state index is 0.361. The van der Waals surface area contributed by atoms with Crippen molar-refractivity contribution in [1.29, 1.82) is 0 Å². The highest BCUT2D eigenvalue weighted by Crippen LogP contribution is 2.44. The SMILES string of the molecule is CC(C)c1ccc(Cl)c2c1OCCC2(C)O. The molecule has 2 rings (SSSR count). The minimum atomic E-state index is -0.879. The summed E-state index contributed by atoms with van der Waals surface area (Å²) in [5.74, 6) is 1.14. The maximum atomic E-state index is 10.3. The van der Waals surface area contributed by atoms with Crippen molar-refractivity contribution in [2.24, 2.45) is 0 Å². The van der Waals surface area contributed by atoms with Gasteiger partial charge in [-0.2, -0.15) is 0 Å². The average molecular weight is 241 g/mol. The number of ether oxygens (including phenoxy) is 1. The normalized spacial score (nSPS) is 24.1. The lowest BCUT2D eigenvalue weighted by molar-refractivity contribution is 0.0143. The van der Waals surface area contributed by atoms with Gasteiger partial charge >= 0.3 is 0 Å². The number of hydrogen-bond donors (Lipinski definition) is 1. The Bertz CT molecular complexity index is 411. The van der Waals surface area contributed by atoms with Crippen LogP contribution in [0, 0.1) is 0 Å². The fraction of sp³-hybridized carbons (Fsp3) is 0.538. The van der Waals surface area contributed by atoms with E-state index in [-0.39, 0.29) is 0 Å². The first kappa shape index (κ1) is 11.7. The van der Waals surface area contributed by atoms with Crippen LogP contribution in [0.3, 0.4) is 0 Å². The highest BCUT2D eigenvalue weighted by atomic mass is 35.5. The quantitative estimate of drug-likeness (QED) is 0.815. The van der Waals surface area contributed by atoms with Crippen molar-refractivity contribution in [3.8, 4) is 5.75 Å². The average Bonchev–Trinajstić information content (AvgIpc) is 2.16. The summed E-state index contributed by atoms with van der Waals surface area (Å²) < 4.78 is 5.69. The fourth-order valence-corrected chi connectivity index (χ4v) is 2.52. The van der Waals surface area contributed by atoms with Crippen LogP contribution in [-0.2, 0) is 5.60 Å². The van der Waals surface area contributed by atoms with Crippen LogP contribution >= 0.6 is 11.6 Å². The number of rotatable bonds is 1. The summed E-state index contributed by atoms with van der Waals surface area (Å²) in [6.07, 6.45) is 0.585. The second-order valence-corrected chi connectivity index (χ2v) is 5.27. The van der Waals surface area contributed by atoms with E-state index in [9.17, 15) is 5.11 Å². The Kier molecular flexibility index (Phi) is 2.89. The molecule has 0 saturated carbocycles. The lowest BCUT2D eigenvalue weighted by atomic mass is 9.86. The molecule has 1 heterocycles. The van der Waals surface area contributed by atoms with Gasteiger partial charge in [-0.3, -0.25) is 0 Å². The molecule has 16 heavy (non-hydrogen) atoms. The van der Waals surface area contributed by atoms with Crippen LogP contribution in [0.15, 0.2) is 12.1 Å². The van der Waals surface area contributed by atoms with Crippen LogP contribution in [0.25, 0.3) is 0 Å². The van der Waals surface area contributed by atoms with Crippen molar-refractivity contribution in [1.82, 2.24) is 0 Å². The van der Waals surface area contributed by atoms with Crippen LogP contribution in [0.4, 0.5) is 0 Å². The van der Waals surface area contributed by atoms with E-state index in [0.717, 1.165) is 16.9 Å². The van der Waals surface area contributed by atoms with Crippen molar-refractivity contribution in [2.75, 3.05) is 6.61 Å². The van der Waals surface area contributed by atoms with Gasteiger partial charge in [0.2, 0.25) is 0 Å². The van der Waals surface area contributed by atoms with Crippen LogP contribution < -0.4 is 4.74 Å². The minimum Gasteiger partial charge on any atom is -0.493 e. The molecule has 3 heteroatoms. The Morgan fingerprint density at radius 3 is 2.75 bits per heavy atom. The Hall–Kier alpha value is -0.730.